The molecule has 1 aromatic rings. The van der Waals surface area contributed by atoms with Crippen LogP contribution in [-0.4, -0.2) is 62.8 Å². The zero-order chi connectivity index (χ0) is 22.3. The van der Waals surface area contributed by atoms with E-state index in [-0.39, 0.29) is 48.8 Å². The lowest BCUT2D eigenvalue weighted by Gasteiger charge is -2.25. The molecule has 0 aromatic heterocycles. The van der Waals surface area contributed by atoms with Gasteiger partial charge in [0.15, 0.2) is 11.5 Å². The average Bonchev–Trinajstić information content (AvgIpc) is 3.09. The van der Waals surface area contributed by atoms with E-state index in [4.69, 9.17) is 19.9 Å². The molecule has 1 heterocycles. The Hall–Kier alpha value is -3.23. The Kier molecular flexibility index (Phi) is 8.08. The van der Waals surface area contributed by atoms with Gasteiger partial charge in [0.2, 0.25) is 0 Å². The van der Waals surface area contributed by atoms with E-state index >= 15 is 0 Å². The molecule has 9 heteroatoms. The molecular weight excluding hydrogens is 392 g/mol. The summed E-state index contributed by atoms with van der Waals surface area (Å²) in [6, 6.07) is 2.75. The van der Waals surface area contributed by atoms with E-state index in [1.807, 2.05) is 0 Å². The Morgan fingerprint density at radius 3 is 2.60 bits per heavy atom. The summed E-state index contributed by atoms with van der Waals surface area (Å²) in [6.07, 6.45) is 1.25. The molecule has 0 unspecified atom stereocenters. The molecule has 1 atom stereocenters. The monoisotopic (exact) mass is 420 g/mol. The summed E-state index contributed by atoms with van der Waals surface area (Å²) in [7, 11) is 2.79. The lowest BCUT2D eigenvalue weighted by atomic mass is 10.1. The predicted molar refractivity (Wildman–Crippen MR) is 109 cm³/mol. The minimum absolute atomic E-state index is 0.0958. The van der Waals surface area contributed by atoms with E-state index in [0.717, 1.165) is 5.57 Å². The summed E-state index contributed by atoms with van der Waals surface area (Å²) in [4.78, 5) is 37.0. The van der Waals surface area contributed by atoms with Gasteiger partial charge in [-0.05, 0) is 18.9 Å². The van der Waals surface area contributed by atoms with E-state index in [2.05, 4.69) is 11.3 Å². The van der Waals surface area contributed by atoms with Gasteiger partial charge in [-0.1, -0.05) is 12.2 Å². The van der Waals surface area contributed by atoms with Crippen molar-refractivity contribution in [1.29, 1.82) is 0 Å². The van der Waals surface area contributed by atoms with Crippen molar-refractivity contribution >= 4 is 23.5 Å². The zero-order valence-electron chi connectivity index (χ0n) is 17.6. The highest BCUT2D eigenvalue weighted by Crippen LogP contribution is 2.34. The van der Waals surface area contributed by atoms with Gasteiger partial charge in [-0.15, -0.1) is 0 Å². The van der Waals surface area contributed by atoms with Gasteiger partial charge in [0.25, 0.3) is 5.91 Å². The second kappa shape index (κ2) is 10.5. The summed E-state index contributed by atoms with van der Waals surface area (Å²) in [5.74, 6) is -0.311. The highest BCUT2D eigenvalue weighted by atomic mass is 16.5. The number of carbonyl (C=O) groups is 3. The number of benzene rings is 1. The lowest BCUT2D eigenvalue weighted by molar-refractivity contribution is -0.142. The number of rotatable bonds is 9. The molecule has 0 radical (unpaired) electrons. The van der Waals surface area contributed by atoms with Crippen LogP contribution in [0.25, 0.3) is 0 Å². The maximum absolute atomic E-state index is 13.1. The van der Waals surface area contributed by atoms with Crippen LogP contribution in [0.5, 0.6) is 11.5 Å². The standard InChI is InChI=1S/C21H28N2O7/c1-13-8-15(12-30-14(2)24)23(11-13)21(26)16-9-18(27-3)19(10-17(16)22)29-7-5-6-20(25)28-4/h9-10,15H,1,5-8,11-12,22H2,2-4H3/t15-/m0/s1. The van der Waals surface area contributed by atoms with Crippen molar-refractivity contribution in [1.82, 2.24) is 4.90 Å². The third-order valence-electron chi connectivity index (χ3n) is 4.68. The van der Waals surface area contributed by atoms with Crippen molar-refractivity contribution in [2.24, 2.45) is 0 Å². The molecule has 1 amide bonds. The topological polar surface area (TPSA) is 117 Å². The molecular formula is C21H28N2O7. The number of carbonyl (C=O) groups excluding carboxylic acids is 3. The van der Waals surface area contributed by atoms with Crippen LogP contribution in [-0.2, 0) is 19.1 Å². The minimum atomic E-state index is -0.408. The number of likely N-dealkylation sites (tertiary alicyclic amines) is 1. The molecule has 0 saturated carbocycles. The lowest BCUT2D eigenvalue weighted by Crippen LogP contribution is -2.39. The molecule has 30 heavy (non-hydrogen) atoms. The number of hydrogen-bond acceptors (Lipinski definition) is 8. The molecule has 1 aliphatic heterocycles. The van der Waals surface area contributed by atoms with Crippen LogP contribution in [0.1, 0.15) is 36.5 Å². The van der Waals surface area contributed by atoms with Crippen molar-refractivity contribution in [3.8, 4) is 11.5 Å². The Morgan fingerprint density at radius 2 is 1.97 bits per heavy atom. The molecule has 9 nitrogen and oxygen atoms in total. The van der Waals surface area contributed by atoms with Gasteiger partial charge >= 0.3 is 11.9 Å². The van der Waals surface area contributed by atoms with Crippen LogP contribution in [0.4, 0.5) is 5.69 Å². The van der Waals surface area contributed by atoms with Gasteiger partial charge in [0.05, 0.1) is 32.4 Å². The number of nitrogens with zero attached hydrogens (tertiary/aromatic N) is 1. The molecule has 2 N–H and O–H groups in total. The molecule has 1 fully saturated rings. The van der Waals surface area contributed by atoms with E-state index < -0.39 is 5.97 Å². The number of anilines is 1. The van der Waals surface area contributed by atoms with Gasteiger partial charge in [0, 0.05) is 31.6 Å². The summed E-state index contributed by atoms with van der Waals surface area (Å²) >= 11 is 0. The molecule has 0 spiro atoms. The number of methoxy groups -OCH3 is 2. The third-order valence-corrected chi connectivity index (χ3v) is 4.68. The molecule has 1 aliphatic rings. The van der Waals surface area contributed by atoms with Crippen LogP contribution in [0.2, 0.25) is 0 Å². The van der Waals surface area contributed by atoms with Crippen molar-refractivity contribution in [3.05, 3.63) is 29.8 Å². The normalized spacial score (nSPS) is 15.6. The third kappa shape index (κ3) is 5.88. The molecule has 2 rings (SSSR count). The first kappa shape index (κ1) is 23.1. The maximum atomic E-state index is 13.1. The molecule has 1 saturated heterocycles. The first-order valence-electron chi connectivity index (χ1n) is 9.54. The van der Waals surface area contributed by atoms with Gasteiger partial charge in [-0.25, -0.2) is 0 Å². The number of amides is 1. The Bertz CT molecular complexity index is 822. The average molecular weight is 420 g/mol. The van der Waals surface area contributed by atoms with E-state index in [1.54, 1.807) is 4.90 Å². The summed E-state index contributed by atoms with van der Waals surface area (Å²) in [5.41, 5.74) is 7.49. The van der Waals surface area contributed by atoms with Crippen molar-refractivity contribution in [2.75, 3.05) is 39.7 Å². The fraction of sp³-hybridized carbons (Fsp3) is 0.476. The number of nitrogens with two attached hydrogens (primary N) is 1. The Balaban J connectivity index is 2.14. The summed E-state index contributed by atoms with van der Waals surface area (Å²) < 4.78 is 20.7. The second-order valence-corrected chi connectivity index (χ2v) is 6.96. The van der Waals surface area contributed by atoms with Crippen LogP contribution in [0.15, 0.2) is 24.3 Å². The maximum Gasteiger partial charge on any atom is 0.305 e. The first-order chi connectivity index (χ1) is 14.3. The summed E-state index contributed by atoms with van der Waals surface area (Å²) in [5, 5.41) is 0. The highest BCUT2D eigenvalue weighted by molar-refractivity contribution is 6.00. The van der Waals surface area contributed by atoms with Gasteiger partial charge in [0.1, 0.15) is 6.61 Å². The van der Waals surface area contributed by atoms with Crippen molar-refractivity contribution < 1.29 is 33.3 Å². The molecule has 0 aliphatic carbocycles. The quantitative estimate of drug-likeness (QED) is 0.279. The Morgan fingerprint density at radius 1 is 1.23 bits per heavy atom. The smallest absolute Gasteiger partial charge is 0.305 e. The zero-order valence-corrected chi connectivity index (χ0v) is 17.6. The van der Waals surface area contributed by atoms with Crippen LogP contribution in [0.3, 0.4) is 0 Å². The van der Waals surface area contributed by atoms with Gasteiger partial charge < -0.3 is 29.6 Å². The van der Waals surface area contributed by atoms with E-state index in [9.17, 15) is 14.4 Å². The molecule has 164 valence electrons. The van der Waals surface area contributed by atoms with E-state index in [1.165, 1.54) is 33.3 Å². The summed E-state index contributed by atoms with van der Waals surface area (Å²) in [6.45, 7) is 5.98. The Labute approximate surface area is 175 Å². The van der Waals surface area contributed by atoms with Crippen LogP contribution in [0, 0.1) is 0 Å². The highest BCUT2D eigenvalue weighted by Gasteiger charge is 2.33. The number of esters is 2. The number of hydrogen-bond donors (Lipinski definition) is 1. The minimum Gasteiger partial charge on any atom is -0.493 e. The predicted octanol–water partition coefficient (Wildman–Crippen LogP) is 1.94. The second-order valence-electron chi connectivity index (χ2n) is 6.96. The van der Waals surface area contributed by atoms with Crippen LogP contribution >= 0.6 is 0 Å². The van der Waals surface area contributed by atoms with Gasteiger partial charge in [-0.2, -0.15) is 0 Å². The SMILES string of the molecule is C=C1C[C@@H](COC(C)=O)N(C(=O)c2cc(OC)c(OCCCC(=O)OC)cc2N)C1. The van der Waals surface area contributed by atoms with E-state index in [0.29, 0.717) is 30.9 Å². The fourth-order valence-corrected chi connectivity index (χ4v) is 3.17. The van der Waals surface area contributed by atoms with Crippen molar-refractivity contribution in [2.45, 2.75) is 32.2 Å². The fourth-order valence-electron chi connectivity index (χ4n) is 3.17. The van der Waals surface area contributed by atoms with Crippen LogP contribution < -0.4 is 15.2 Å². The van der Waals surface area contributed by atoms with Gasteiger partial charge in [-0.3, -0.25) is 14.4 Å². The molecule has 1 aromatic carbocycles. The largest absolute Gasteiger partial charge is 0.493 e. The van der Waals surface area contributed by atoms with Crippen molar-refractivity contribution in [3.63, 3.8) is 0 Å². The first-order valence-corrected chi connectivity index (χ1v) is 9.54. The number of ether oxygens (including phenoxy) is 4. The molecule has 0 bridgehead atoms. The number of nitrogen functional groups attached to an aromatic ring is 1.